The summed E-state index contributed by atoms with van der Waals surface area (Å²) in [7, 11) is -3.50. The number of nitrogens with one attached hydrogen (secondary N) is 1. The molecule has 0 aliphatic heterocycles. The second kappa shape index (κ2) is 9.83. The Morgan fingerprint density at radius 1 is 1.17 bits per heavy atom. The number of hydrogen-bond donors (Lipinski definition) is 2. The first-order valence-corrected chi connectivity index (χ1v) is 10.9. The molecule has 7 nitrogen and oxygen atoms in total. The number of aryl methyl sites for hydroxylation is 1. The van der Waals surface area contributed by atoms with Crippen LogP contribution in [0.4, 0.5) is 5.69 Å². The largest absolute Gasteiger partial charge is 0.486 e. The van der Waals surface area contributed by atoms with E-state index in [9.17, 15) is 18.5 Å². The van der Waals surface area contributed by atoms with Crippen LogP contribution in [0, 0.1) is 11.3 Å². The zero-order valence-electron chi connectivity index (χ0n) is 15.4. The number of ether oxygens (including phenoxy) is 1. The second-order valence-corrected chi connectivity index (χ2v) is 8.93. The van der Waals surface area contributed by atoms with Crippen molar-refractivity contribution in [2.24, 2.45) is 0 Å². The molecule has 0 radical (unpaired) electrons. The molecule has 0 saturated heterocycles. The van der Waals surface area contributed by atoms with Gasteiger partial charge in [-0.3, -0.25) is 9.52 Å². The average molecular weight is 457 g/mol. The van der Waals surface area contributed by atoms with Gasteiger partial charge >= 0.3 is 5.97 Å². The van der Waals surface area contributed by atoms with Crippen molar-refractivity contribution in [2.45, 2.75) is 26.4 Å². The van der Waals surface area contributed by atoms with Gasteiger partial charge in [-0.25, -0.2) is 8.42 Å². The molecular formula is C19H18Cl2N2O5S. The quantitative estimate of drug-likeness (QED) is 0.582. The number of benzene rings is 2. The van der Waals surface area contributed by atoms with Gasteiger partial charge in [0, 0.05) is 6.42 Å². The SMILES string of the molecule is CCS(=O)(=O)Nc1cc(C#N)cc(COc2c(Cl)cc(CCC(=O)O)cc2Cl)c1. The van der Waals surface area contributed by atoms with E-state index in [4.69, 9.17) is 33.0 Å². The highest BCUT2D eigenvalue weighted by Crippen LogP contribution is 2.35. The van der Waals surface area contributed by atoms with E-state index in [1.54, 1.807) is 24.3 Å². The van der Waals surface area contributed by atoms with E-state index in [1.807, 2.05) is 6.07 Å². The molecule has 0 aromatic heterocycles. The topological polar surface area (TPSA) is 116 Å². The number of rotatable bonds is 9. The van der Waals surface area contributed by atoms with Crippen molar-refractivity contribution in [3.05, 3.63) is 57.1 Å². The first-order chi connectivity index (χ1) is 13.6. The summed E-state index contributed by atoms with van der Waals surface area (Å²) in [6.07, 6.45) is 0.227. The number of carbonyl (C=O) groups is 1. The van der Waals surface area contributed by atoms with Gasteiger partial charge in [-0.15, -0.1) is 0 Å². The van der Waals surface area contributed by atoms with Crippen LogP contribution in [0.15, 0.2) is 30.3 Å². The maximum atomic E-state index is 11.8. The van der Waals surface area contributed by atoms with Gasteiger partial charge in [0.1, 0.15) is 6.61 Å². The number of hydrogen-bond acceptors (Lipinski definition) is 5. The van der Waals surface area contributed by atoms with Crippen LogP contribution in [0.25, 0.3) is 0 Å². The average Bonchev–Trinajstić information content (AvgIpc) is 2.65. The van der Waals surface area contributed by atoms with Gasteiger partial charge in [0.2, 0.25) is 10.0 Å². The number of carboxylic acids is 1. The predicted molar refractivity (Wildman–Crippen MR) is 111 cm³/mol. The van der Waals surface area contributed by atoms with Crippen LogP contribution in [-0.2, 0) is 27.8 Å². The smallest absolute Gasteiger partial charge is 0.303 e. The molecule has 0 aliphatic rings. The zero-order chi connectivity index (χ0) is 21.6. The molecule has 0 amide bonds. The van der Waals surface area contributed by atoms with Crippen molar-refractivity contribution in [3.63, 3.8) is 0 Å². The molecule has 2 aromatic rings. The molecule has 0 spiro atoms. The summed E-state index contributed by atoms with van der Waals surface area (Å²) in [6, 6.07) is 9.68. The van der Waals surface area contributed by atoms with Gasteiger partial charge in [-0.2, -0.15) is 5.26 Å². The number of sulfonamides is 1. The molecular weight excluding hydrogens is 439 g/mol. The van der Waals surface area contributed by atoms with Gasteiger partial charge in [-0.05, 0) is 54.8 Å². The summed E-state index contributed by atoms with van der Waals surface area (Å²) in [5.74, 6) is -0.815. The van der Waals surface area contributed by atoms with Crippen LogP contribution in [0.3, 0.4) is 0 Å². The Kier molecular flexibility index (Phi) is 7.73. The normalized spacial score (nSPS) is 11.0. The monoisotopic (exact) mass is 456 g/mol. The zero-order valence-corrected chi connectivity index (χ0v) is 17.7. The fourth-order valence-corrected chi connectivity index (χ4v) is 3.71. The highest BCUT2D eigenvalue weighted by atomic mass is 35.5. The third-order valence-corrected chi connectivity index (χ3v) is 5.71. The van der Waals surface area contributed by atoms with Crippen molar-refractivity contribution in [2.75, 3.05) is 10.5 Å². The first kappa shape index (κ1) is 22.8. The van der Waals surface area contributed by atoms with Crippen LogP contribution in [0.5, 0.6) is 5.75 Å². The molecule has 0 saturated carbocycles. The Morgan fingerprint density at radius 2 is 1.83 bits per heavy atom. The number of nitrogens with zero attached hydrogens (tertiary/aromatic N) is 1. The first-order valence-electron chi connectivity index (χ1n) is 8.50. The van der Waals surface area contributed by atoms with Gasteiger partial charge in [0.15, 0.2) is 5.75 Å². The Balaban J connectivity index is 2.21. The minimum absolute atomic E-state index is 0.00964. The van der Waals surface area contributed by atoms with Crippen LogP contribution in [0.2, 0.25) is 10.0 Å². The number of aliphatic carboxylic acids is 1. The second-order valence-electron chi connectivity index (χ2n) is 6.11. The van der Waals surface area contributed by atoms with Crippen molar-refractivity contribution < 1.29 is 23.1 Å². The summed E-state index contributed by atoms with van der Waals surface area (Å²) < 4.78 is 31.6. The predicted octanol–water partition coefficient (Wildman–Crippen LogP) is 4.22. The van der Waals surface area contributed by atoms with Crippen LogP contribution < -0.4 is 9.46 Å². The fraction of sp³-hybridized carbons (Fsp3) is 0.263. The summed E-state index contributed by atoms with van der Waals surface area (Å²) >= 11 is 12.4. The minimum Gasteiger partial charge on any atom is -0.486 e. The van der Waals surface area contributed by atoms with Gasteiger partial charge in [-0.1, -0.05) is 23.2 Å². The van der Waals surface area contributed by atoms with Gasteiger partial charge in [0.05, 0.1) is 33.1 Å². The van der Waals surface area contributed by atoms with Crippen LogP contribution in [-0.4, -0.2) is 25.2 Å². The molecule has 0 aliphatic carbocycles. The lowest BCUT2D eigenvalue weighted by molar-refractivity contribution is -0.136. The van der Waals surface area contributed by atoms with E-state index in [0.29, 0.717) is 11.1 Å². The number of halogens is 2. The molecule has 2 rings (SSSR count). The summed E-state index contributed by atoms with van der Waals surface area (Å²) in [5.41, 5.74) is 1.73. The minimum atomic E-state index is -3.50. The highest BCUT2D eigenvalue weighted by Gasteiger charge is 2.13. The van der Waals surface area contributed by atoms with Gasteiger partial charge in [0.25, 0.3) is 0 Å². The van der Waals surface area contributed by atoms with Crippen molar-refractivity contribution in [3.8, 4) is 11.8 Å². The lowest BCUT2D eigenvalue weighted by Crippen LogP contribution is -2.15. The maximum absolute atomic E-state index is 11.8. The third-order valence-electron chi connectivity index (χ3n) is 3.84. The Labute approximate surface area is 178 Å². The molecule has 0 bridgehead atoms. The van der Waals surface area contributed by atoms with Gasteiger partial charge < -0.3 is 9.84 Å². The van der Waals surface area contributed by atoms with Crippen molar-refractivity contribution >= 4 is 44.9 Å². The van der Waals surface area contributed by atoms with E-state index in [1.165, 1.54) is 13.0 Å². The van der Waals surface area contributed by atoms with Crippen molar-refractivity contribution in [1.82, 2.24) is 0 Å². The Morgan fingerprint density at radius 3 is 2.38 bits per heavy atom. The molecule has 154 valence electrons. The number of anilines is 1. The van der Waals surface area contributed by atoms with E-state index in [2.05, 4.69) is 4.72 Å². The maximum Gasteiger partial charge on any atom is 0.303 e. The molecule has 10 heteroatoms. The van der Waals surface area contributed by atoms with Crippen molar-refractivity contribution in [1.29, 1.82) is 5.26 Å². The summed E-state index contributed by atoms with van der Waals surface area (Å²) in [5, 5.41) is 18.4. The third kappa shape index (κ3) is 6.82. The van der Waals surface area contributed by atoms with E-state index < -0.39 is 16.0 Å². The van der Waals surface area contributed by atoms with Crippen LogP contribution in [0.1, 0.15) is 30.0 Å². The molecule has 29 heavy (non-hydrogen) atoms. The van der Waals surface area contributed by atoms with E-state index in [-0.39, 0.29) is 52.2 Å². The molecule has 0 unspecified atom stereocenters. The Bertz CT molecular complexity index is 1040. The highest BCUT2D eigenvalue weighted by molar-refractivity contribution is 7.92. The molecule has 0 heterocycles. The molecule has 2 N–H and O–H groups in total. The number of carboxylic acid groups (broad SMARTS) is 1. The summed E-state index contributed by atoms with van der Waals surface area (Å²) in [6.45, 7) is 1.49. The molecule has 2 aromatic carbocycles. The van der Waals surface area contributed by atoms with E-state index in [0.717, 1.165) is 0 Å². The lowest BCUT2D eigenvalue weighted by Gasteiger charge is -2.13. The molecule has 0 fully saturated rings. The lowest BCUT2D eigenvalue weighted by atomic mass is 10.1. The standard InChI is InChI=1S/C19H18Cl2N2O5S/c1-2-29(26,27)23-15-6-13(10-22)5-14(7-15)11-28-19-16(20)8-12(9-17(19)21)3-4-18(24)25/h5-9,23H,2-4,11H2,1H3,(H,24,25). The number of nitriles is 1. The summed E-state index contributed by atoms with van der Waals surface area (Å²) in [4.78, 5) is 10.7. The molecule has 0 atom stereocenters. The Hall–Kier alpha value is -2.47. The van der Waals surface area contributed by atoms with Crippen LogP contribution >= 0.6 is 23.2 Å². The fourth-order valence-electron chi connectivity index (χ4n) is 2.45. The van der Waals surface area contributed by atoms with E-state index >= 15 is 0 Å².